The van der Waals surface area contributed by atoms with Crippen LogP contribution in [0.5, 0.6) is 23.3 Å². The lowest BCUT2D eigenvalue weighted by molar-refractivity contribution is 0.0694. The molecule has 7 nitrogen and oxygen atoms in total. The van der Waals surface area contributed by atoms with E-state index in [-0.39, 0.29) is 17.1 Å². The molecule has 4 aromatic rings. The Labute approximate surface area is 206 Å². The van der Waals surface area contributed by atoms with Crippen molar-refractivity contribution in [1.82, 2.24) is 4.98 Å². The molecular weight excluding hydrogens is 468 g/mol. The molecule has 0 aliphatic heterocycles. The fourth-order valence-corrected chi connectivity index (χ4v) is 3.42. The smallest absolute Gasteiger partial charge is 0.339 e. The number of nitrogens with two attached hydrogens (primary N) is 1. The van der Waals surface area contributed by atoms with Crippen molar-refractivity contribution in [1.29, 1.82) is 0 Å². The van der Waals surface area contributed by atoms with Crippen LogP contribution in [-0.4, -0.2) is 30.2 Å². The number of nitrogens with zero attached hydrogens (tertiary/aromatic N) is 2. The van der Waals surface area contributed by atoms with Crippen LogP contribution in [0.4, 0.5) is 14.5 Å². The zero-order valence-corrected chi connectivity index (χ0v) is 19.5. The van der Waals surface area contributed by atoms with Crippen molar-refractivity contribution in [3.63, 3.8) is 0 Å². The molecule has 36 heavy (non-hydrogen) atoms. The van der Waals surface area contributed by atoms with Crippen LogP contribution in [0, 0.1) is 11.6 Å². The van der Waals surface area contributed by atoms with Gasteiger partial charge in [0.1, 0.15) is 17.1 Å². The molecule has 3 N–H and O–H groups in total. The van der Waals surface area contributed by atoms with E-state index in [0.29, 0.717) is 18.3 Å². The van der Waals surface area contributed by atoms with E-state index < -0.39 is 29.4 Å². The lowest BCUT2D eigenvalue weighted by atomic mass is 10.0. The number of aromatic nitrogens is 1. The Bertz CT molecular complexity index is 1410. The van der Waals surface area contributed by atoms with Crippen LogP contribution in [0.3, 0.4) is 0 Å². The maximum Gasteiger partial charge on any atom is 0.339 e. The Morgan fingerprint density at radius 1 is 0.917 bits per heavy atom. The summed E-state index contributed by atoms with van der Waals surface area (Å²) in [7, 11) is 3.51. The van der Waals surface area contributed by atoms with E-state index in [1.807, 2.05) is 30.3 Å². The molecule has 184 valence electrons. The zero-order chi connectivity index (χ0) is 25.8. The van der Waals surface area contributed by atoms with Crippen molar-refractivity contribution >= 4 is 11.7 Å². The van der Waals surface area contributed by atoms with Gasteiger partial charge in [0.15, 0.2) is 11.6 Å². The van der Waals surface area contributed by atoms with Gasteiger partial charge in [0.2, 0.25) is 0 Å². The molecule has 1 heterocycles. The fraction of sp³-hybridized carbons (Fsp3) is 0.111. The van der Waals surface area contributed by atoms with Gasteiger partial charge in [-0.1, -0.05) is 36.4 Å². The molecule has 0 saturated heterocycles. The van der Waals surface area contributed by atoms with Gasteiger partial charge >= 0.3 is 5.97 Å². The van der Waals surface area contributed by atoms with E-state index in [1.54, 1.807) is 43.3 Å². The second-order valence-electron chi connectivity index (χ2n) is 8.08. The molecule has 0 radical (unpaired) electrons. The highest BCUT2D eigenvalue weighted by Crippen LogP contribution is 2.34. The number of aromatic carboxylic acids is 1. The minimum atomic E-state index is -1.27. The Morgan fingerprint density at radius 2 is 1.61 bits per heavy atom. The third-order valence-electron chi connectivity index (χ3n) is 5.36. The van der Waals surface area contributed by atoms with Gasteiger partial charge in [0.05, 0.1) is 0 Å². The summed E-state index contributed by atoms with van der Waals surface area (Å²) in [6, 6.07) is 19.4. The molecule has 0 unspecified atom stereocenters. The highest BCUT2D eigenvalue weighted by Gasteiger charge is 2.20. The first-order valence-corrected chi connectivity index (χ1v) is 10.9. The summed E-state index contributed by atoms with van der Waals surface area (Å²) in [6.07, 6.45) is 0. The number of benzene rings is 3. The number of ether oxygens (including phenoxy) is 2. The van der Waals surface area contributed by atoms with Crippen LogP contribution < -0.4 is 20.1 Å². The topological polar surface area (TPSA) is 97.9 Å². The molecule has 0 fully saturated rings. The number of carboxylic acids is 1. The molecular formula is C27H23F2N3O4. The van der Waals surface area contributed by atoms with Crippen molar-refractivity contribution in [2.24, 2.45) is 5.73 Å². The van der Waals surface area contributed by atoms with Crippen molar-refractivity contribution < 1.29 is 28.2 Å². The number of hydrogen-bond acceptors (Lipinski definition) is 6. The fourth-order valence-electron chi connectivity index (χ4n) is 3.42. The summed E-state index contributed by atoms with van der Waals surface area (Å²) >= 11 is 0. The minimum absolute atomic E-state index is 0.152. The van der Waals surface area contributed by atoms with E-state index in [9.17, 15) is 18.7 Å². The Kier molecular flexibility index (Phi) is 7.12. The first-order valence-electron chi connectivity index (χ1n) is 10.9. The summed E-state index contributed by atoms with van der Waals surface area (Å²) in [5, 5.41) is 9.49. The van der Waals surface area contributed by atoms with Gasteiger partial charge in [-0.2, -0.15) is 4.98 Å². The summed E-state index contributed by atoms with van der Waals surface area (Å²) in [6.45, 7) is 0.427. The lowest BCUT2D eigenvalue weighted by Gasteiger charge is -2.16. The van der Waals surface area contributed by atoms with Gasteiger partial charge in [-0.25, -0.2) is 13.6 Å². The predicted molar refractivity (Wildman–Crippen MR) is 132 cm³/mol. The lowest BCUT2D eigenvalue weighted by Crippen LogP contribution is -2.10. The highest BCUT2D eigenvalue weighted by molar-refractivity contribution is 5.91. The second kappa shape index (κ2) is 10.4. The first-order chi connectivity index (χ1) is 17.2. The number of rotatable bonds is 8. The van der Waals surface area contributed by atoms with Crippen molar-refractivity contribution in [2.75, 3.05) is 19.0 Å². The monoisotopic (exact) mass is 491 g/mol. The Morgan fingerprint density at radius 3 is 2.25 bits per heavy atom. The molecule has 0 amide bonds. The third kappa shape index (κ3) is 5.42. The molecule has 0 saturated carbocycles. The number of anilines is 1. The maximum atomic E-state index is 14.5. The van der Waals surface area contributed by atoms with E-state index >= 15 is 0 Å². The van der Waals surface area contributed by atoms with E-state index in [2.05, 4.69) is 4.98 Å². The van der Waals surface area contributed by atoms with Crippen LogP contribution >= 0.6 is 0 Å². The van der Waals surface area contributed by atoms with Crippen LogP contribution in [0.2, 0.25) is 0 Å². The first kappa shape index (κ1) is 24.6. The standard InChI is InChI=1S/C27H23F2N3O4/c1-32(2)19-10-11-21(27(33)34)24(13-19)36-26-23(29)14-22(28)25(31-26)35-20-5-3-4-18(12-20)17-8-6-16(15-30)7-9-17/h3-14H,15,30H2,1-2H3,(H,33,34). The maximum absolute atomic E-state index is 14.5. The largest absolute Gasteiger partial charge is 0.478 e. The number of carbonyl (C=O) groups is 1. The molecule has 4 rings (SSSR count). The van der Waals surface area contributed by atoms with Crippen molar-refractivity contribution in [2.45, 2.75) is 6.54 Å². The Hall–Kier alpha value is -4.50. The molecule has 0 bridgehead atoms. The van der Waals surface area contributed by atoms with Crippen LogP contribution in [-0.2, 0) is 6.54 Å². The van der Waals surface area contributed by atoms with Gasteiger partial charge in [0, 0.05) is 38.5 Å². The summed E-state index contributed by atoms with van der Waals surface area (Å²) in [4.78, 5) is 17.2. The minimum Gasteiger partial charge on any atom is -0.478 e. The zero-order valence-electron chi connectivity index (χ0n) is 19.5. The Balaban J connectivity index is 1.65. The molecule has 0 aliphatic carbocycles. The van der Waals surface area contributed by atoms with E-state index in [1.165, 1.54) is 12.1 Å². The SMILES string of the molecule is CN(C)c1ccc(C(=O)O)c(Oc2nc(Oc3cccc(-c4ccc(CN)cc4)c3)c(F)cc2F)c1. The molecule has 1 aromatic heterocycles. The molecule has 3 aromatic carbocycles. The average Bonchev–Trinajstić information content (AvgIpc) is 2.87. The predicted octanol–water partition coefficient (Wildman–Crippen LogP) is 5.83. The van der Waals surface area contributed by atoms with Crippen LogP contribution in [0.25, 0.3) is 11.1 Å². The number of halogens is 2. The van der Waals surface area contributed by atoms with Crippen LogP contribution in [0.15, 0.2) is 72.8 Å². The van der Waals surface area contributed by atoms with Gasteiger partial charge in [-0.3, -0.25) is 0 Å². The number of hydrogen-bond donors (Lipinski definition) is 2. The number of pyridine rings is 1. The van der Waals surface area contributed by atoms with E-state index in [0.717, 1.165) is 16.7 Å². The van der Waals surface area contributed by atoms with E-state index in [4.69, 9.17) is 15.2 Å². The molecule has 0 atom stereocenters. The van der Waals surface area contributed by atoms with Gasteiger partial charge < -0.3 is 25.2 Å². The van der Waals surface area contributed by atoms with Gasteiger partial charge in [0.25, 0.3) is 11.8 Å². The van der Waals surface area contributed by atoms with Gasteiger partial charge in [-0.05, 0) is 41.0 Å². The molecule has 9 heteroatoms. The van der Waals surface area contributed by atoms with Crippen molar-refractivity contribution in [3.05, 3.63) is 95.6 Å². The molecule has 0 spiro atoms. The van der Waals surface area contributed by atoms with Gasteiger partial charge in [-0.15, -0.1) is 0 Å². The normalized spacial score (nSPS) is 10.7. The third-order valence-corrected chi connectivity index (χ3v) is 5.36. The highest BCUT2D eigenvalue weighted by atomic mass is 19.1. The summed E-state index contributed by atoms with van der Waals surface area (Å²) in [5.74, 6) is -4.47. The second-order valence-corrected chi connectivity index (χ2v) is 8.08. The average molecular weight is 491 g/mol. The molecule has 0 aliphatic rings. The van der Waals surface area contributed by atoms with Crippen LogP contribution in [0.1, 0.15) is 15.9 Å². The van der Waals surface area contributed by atoms with Crippen molar-refractivity contribution in [3.8, 4) is 34.4 Å². The quantitative estimate of drug-likeness (QED) is 0.320. The summed E-state index contributed by atoms with van der Waals surface area (Å²) < 4.78 is 40.2. The number of carboxylic acid groups (broad SMARTS) is 1. The summed E-state index contributed by atoms with van der Waals surface area (Å²) in [5.41, 5.74) is 8.75.